The van der Waals surface area contributed by atoms with E-state index in [4.69, 9.17) is 0 Å². The zero-order valence-electron chi connectivity index (χ0n) is 11.9. The third kappa shape index (κ3) is 2.13. The first kappa shape index (κ1) is 12.6. The second-order valence-electron chi connectivity index (χ2n) is 6.04. The minimum atomic E-state index is 0.206. The normalized spacial score (nSPS) is 20.9. The lowest BCUT2D eigenvalue weighted by atomic mass is 9.79. The molecule has 0 aliphatic heterocycles. The van der Waals surface area contributed by atoms with E-state index in [1.165, 1.54) is 12.0 Å². The fourth-order valence-electron chi connectivity index (χ4n) is 3.20. The van der Waals surface area contributed by atoms with Crippen molar-refractivity contribution in [1.29, 1.82) is 0 Å². The number of fused-ring (bicyclic) bond motifs is 1. The molecule has 1 heterocycles. The fourth-order valence-corrected chi connectivity index (χ4v) is 3.20. The molecule has 1 aromatic carbocycles. The van der Waals surface area contributed by atoms with E-state index in [-0.39, 0.29) is 11.7 Å². The molecule has 4 rings (SSSR count). The van der Waals surface area contributed by atoms with Crippen LogP contribution >= 0.6 is 0 Å². The first-order chi connectivity index (χ1) is 10.3. The molecule has 106 valence electrons. The van der Waals surface area contributed by atoms with E-state index in [0.717, 1.165) is 30.5 Å². The van der Waals surface area contributed by atoms with Gasteiger partial charge < -0.3 is 0 Å². The van der Waals surface area contributed by atoms with Gasteiger partial charge >= 0.3 is 0 Å². The van der Waals surface area contributed by atoms with Crippen LogP contribution in [0.5, 0.6) is 0 Å². The molecule has 3 nitrogen and oxygen atoms in total. The number of rotatable bonds is 3. The number of hydrogen-bond donors (Lipinski definition) is 1. The lowest BCUT2D eigenvalue weighted by Gasteiger charge is -2.23. The van der Waals surface area contributed by atoms with Crippen LogP contribution in [0.1, 0.15) is 52.5 Å². The van der Waals surface area contributed by atoms with Crippen LogP contribution in [0.15, 0.2) is 36.4 Å². The average Bonchev–Trinajstić information content (AvgIpc) is 2.89. The number of aromatic amines is 1. The Morgan fingerprint density at radius 3 is 2.71 bits per heavy atom. The summed E-state index contributed by atoms with van der Waals surface area (Å²) < 4.78 is 0. The predicted octanol–water partition coefficient (Wildman–Crippen LogP) is 3.75. The van der Waals surface area contributed by atoms with Crippen molar-refractivity contribution in [1.82, 2.24) is 10.2 Å². The van der Waals surface area contributed by atoms with Crippen molar-refractivity contribution in [2.75, 3.05) is 0 Å². The SMILES string of the molecule is O=C(c1n[nH]c2c1C=CC(c1ccccc1)C2)C1CCC1. The Labute approximate surface area is 124 Å². The molecule has 0 saturated heterocycles. The Morgan fingerprint density at radius 2 is 2.00 bits per heavy atom. The van der Waals surface area contributed by atoms with Crippen LogP contribution in [0, 0.1) is 5.92 Å². The van der Waals surface area contributed by atoms with E-state index in [1.807, 2.05) is 6.07 Å². The molecular formula is C18H18N2O. The van der Waals surface area contributed by atoms with Gasteiger partial charge in [0.2, 0.25) is 0 Å². The van der Waals surface area contributed by atoms with Crippen molar-refractivity contribution in [2.45, 2.75) is 31.6 Å². The summed E-state index contributed by atoms with van der Waals surface area (Å²) in [5, 5.41) is 7.39. The van der Waals surface area contributed by atoms with E-state index >= 15 is 0 Å². The Kier molecular flexibility index (Phi) is 2.99. The van der Waals surface area contributed by atoms with Crippen LogP contribution in [-0.2, 0) is 6.42 Å². The monoisotopic (exact) mass is 278 g/mol. The molecule has 1 N–H and O–H groups in total. The summed E-state index contributed by atoms with van der Waals surface area (Å²) in [6, 6.07) is 10.5. The molecule has 21 heavy (non-hydrogen) atoms. The number of nitrogens with zero attached hydrogens (tertiary/aromatic N) is 1. The number of benzene rings is 1. The van der Waals surface area contributed by atoms with Crippen LogP contribution in [0.25, 0.3) is 6.08 Å². The highest BCUT2D eigenvalue weighted by Gasteiger charge is 2.31. The summed E-state index contributed by atoms with van der Waals surface area (Å²) in [5.74, 6) is 0.796. The number of hydrogen-bond acceptors (Lipinski definition) is 2. The van der Waals surface area contributed by atoms with Crippen LogP contribution < -0.4 is 0 Å². The first-order valence-electron chi connectivity index (χ1n) is 7.67. The van der Waals surface area contributed by atoms with Gasteiger partial charge in [-0.05, 0) is 18.4 Å². The Hall–Kier alpha value is -2.16. The Morgan fingerprint density at radius 1 is 1.19 bits per heavy atom. The number of carbonyl (C=O) groups is 1. The predicted molar refractivity (Wildman–Crippen MR) is 82.2 cm³/mol. The van der Waals surface area contributed by atoms with Crippen LogP contribution in [0.2, 0.25) is 0 Å². The number of ketones is 1. The smallest absolute Gasteiger partial charge is 0.186 e. The summed E-state index contributed by atoms with van der Waals surface area (Å²) in [6.07, 6.45) is 8.39. The van der Waals surface area contributed by atoms with Gasteiger partial charge in [-0.25, -0.2) is 0 Å². The molecule has 1 unspecified atom stereocenters. The molecule has 2 aromatic rings. The van der Waals surface area contributed by atoms with Crippen LogP contribution in [-0.4, -0.2) is 16.0 Å². The van der Waals surface area contributed by atoms with E-state index in [9.17, 15) is 4.79 Å². The standard InChI is InChI=1S/C18H18N2O/c21-18(13-7-4-8-13)17-15-10-9-14(11-16(15)19-20-17)12-5-2-1-3-6-12/h1-3,5-6,9-10,13-14H,4,7-8,11H2,(H,19,20). The van der Waals surface area contributed by atoms with Crippen LogP contribution in [0.3, 0.4) is 0 Å². The summed E-state index contributed by atoms with van der Waals surface area (Å²) in [6.45, 7) is 0. The Bertz CT molecular complexity index is 695. The van der Waals surface area contributed by atoms with Crippen molar-refractivity contribution in [3.8, 4) is 0 Å². The third-order valence-electron chi connectivity index (χ3n) is 4.74. The number of Topliss-reactive ketones (excluding diaryl/α,β-unsaturated/α-hetero) is 1. The Balaban J connectivity index is 1.61. The highest BCUT2D eigenvalue weighted by molar-refractivity contribution is 6.00. The lowest BCUT2D eigenvalue weighted by Crippen LogP contribution is -2.23. The molecule has 2 aliphatic carbocycles. The molecule has 2 aliphatic rings. The summed E-state index contributed by atoms with van der Waals surface area (Å²) in [5.41, 5.74) is 4.06. The zero-order valence-corrected chi connectivity index (χ0v) is 11.9. The minimum absolute atomic E-state index is 0.206. The van der Waals surface area contributed by atoms with Crippen molar-refractivity contribution >= 4 is 11.9 Å². The maximum atomic E-state index is 12.4. The summed E-state index contributed by atoms with van der Waals surface area (Å²) in [4.78, 5) is 12.4. The maximum Gasteiger partial charge on any atom is 0.186 e. The largest absolute Gasteiger partial charge is 0.292 e. The van der Waals surface area contributed by atoms with Crippen molar-refractivity contribution in [3.05, 3.63) is 58.9 Å². The molecule has 1 aromatic heterocycles. The van der Waals surface area contributed by atoms with Crippen molar-refractivity contribution < 1.29 is 4.79 Å². The van der Waals surface area contributed by atoms with Gasteiger partial charge in [-0.3, -0.25) is 9.89 Å². The van der Waals surface area contributed by atoms with Gasteiger partial charge in [0, 0.05) is 29.5 Å². The van der Waals surface area contributed by atoms with Crippen LogP contribution in [0.4, 0.5) is 0 Å². The van der Waals surface area contributed by atoms with Crippen molar-refractivity contribution in [3.63, 3.8) is 0 Å². The quantitative estimate of drug-likeness (QED) is 0.869. The summed E-state index contributed by atoms with van der Waals surface area (Å²) in [7, 11) is 0. The van der Waals surface area contributed by atoms with Gasteiger partial charge in [-0.2, -0.15) is 5.10 Å². The minimum Gasteiger partial charge on any atom is -0.292 e. The second-order valence-corrected chi connectivity index (χ2v) is 6.04. The molecular weight excluding hydrogens is 260 g/mol. The fraction of sp³-hybridized carbons (Fsp3) is 0.333. The van der Waals surface area contributed by atoms with Gasteiger partial charge in [-0.15, -0.1) is 0 Å². The molecule has 1 saturated carbocycles. The van der Waals surface area contributed by atoms with E-state index in [2.05, 4.69) is 46.6 Å². The van der Waals surface area contributed by atoms with E-state index in [1.54, 1.807) is 0 Å². The lowest BCUT2D eigenvalue weighted by molar-refractivity contribution is 0.0849. The van der Waals surface area contributed by atoms with Gasteiger partial charge in [-0.1, -0.05) is 48.9 Å². The second kappa shape index (κ2) is 4.99. The molecule has 0 radical (unpaired) electrons. The molecule has 1 fully saturated rings. The first-order valence-corrected chi connectivity index (χ1v) is 7.67. The topological polar surface area (TPSA) is 45.8 Å². The highest BCUT2D eigenvalue weighted by Crippen LogP contribution is 2.34. The zero-order chi connectivity index (χ0) is 14.2. The average molecular weight is 278 g/mol. The van der Waals surface area contributed by atoms with Gasteiger partial charge in [0.15, 0.2) is 5.78 Å². The number of aromatic nitrogens is 2. The van der Waals surface area contributed by atoms with E-state index in [0.29, 0.717) is 11.6 Å². The highest BCUT2D eigenvalue weighted by atomic mass is 16.1. The van der Waals surface area contributed by atoms with Gasteiger partial charge in [0.1, 0.15) is 5.69 Å². The summed E-state index contributed by atoms with van der Waals surface area (Å²) >= 11 is 0. The number of carbonyl (C=O) groups excluding carboxylic acids is 1. The maximum absolute atomic E-state index is 12.4. The van der Waals surface area contributed by atoms with Gasteiger partial charge in [0.25, 0.3) is 0 Å². The third-order valence-corrected chi connectivity index (χ3v) is 4.74. The molecule has 0 amide bonds. The van der Waals surface area contributed by atoms with Crippen molar-refractivity contribution in [2.24, 2.45) is 5.92 Å². The van der Waals surface area contributed by atoms with E-state index < -0.39 is 0 Å². The van der Waals surface area contributed by atoms with Gasteiger partial charge in [0.05, 0.1) is 0 Å². The molecule has 3 heteroatoms. The molecule has 0 bridgehead atoms. The molecule has 1 atom stereocenters. The number of nitrogens with one attached hydrogen (secondary N) is 1. The number of H-pyrrole nitrogens is 1. The number of allylic oxidation sites excluding steroid dienone is 1. The molecule has 0 spiro atoms.